The number of halogens is 1. The Morgan fingerprint density at radius 1 is 1.37 bits per heavy atom. The van der Waals surface area contributed by atoms with Crippen LogP contribution < -0.4 is 5.32 Å². The zero-order valence-corrected chi connectivity index (χ0v) is 11.1. The van der Waals surface area contributed by atoms with Crippen LogP contribution in [0.25, 0.3) is 11.3 Å². The summed E-state index contributed by atoms with van der Waals surface area (Å²) < 4.78 is 15.7. The van der Waals surface area contributed by atoms with Crippen molar-refractivity contribution in [1.29, 1.82) is 0 Å². The maximum atomic E-state index is 13.8. The molecule has 0 spiro atoms. The average Bonchev–Trinajstić information content (AvgIpc) is 2.82. The zero-order valence-electron chi connectivity index (χ0n) is 11.1. The van der Waals surface area contributed by atoms with Crippen LogP contribution in [0, 0.1) is 5.82 Å². The van der Waals surface area contributed by atoms with Crippen molar-refractivity contribution >= 4 is 0 Å². The lowest BCUT2D eigenvalue weighted by Crippen LogP contribution is -2.29. The molecule has 2 aromatic rings. The van der Waals surface area contributed by atoms with Crippen molar-refractivity contribution in [2.24, 2.45) is 7.05 Å². The molecule has 3 rings (SSSR count). The molecule has 1 N–H and O–H groups in total. The van der Waals surface area contributed by atoms with Gasteiger partial charge in [-0.05, 0) is 37.6 Å². The van der Waals surface area contributed by atoms with Crippen LogP contribution in [0.15, 0.2) is 30.3 Å². The maximum Gasteiger partial charge on any atom is 0.132 e. The van der Waals surface area contributed by atoms with Gasteiger partial charge in [-0.2, -0.15) is 5.10 Å². The van der Waals surface area contributed by atoms with Gasteiger partial charge in [0.1, 0.15) is 5.82 Å². The van der Waals surface area contributed by atoms with Gasteiger partial charge in [-0.1, -0.05) is 12.1 Å². The molecular formula is C15H18FN3. The number of nitrogens with zero attached hydrogens (tertiary/aromatic N) is 2. The fourth-order valence-electron chi connectivity index (χ4n) is 2.77. The van der Waals surface area contributed by atoms with Crippen LogP contribution in [0.2, 0.25) is 0 Å². The summed E-state index contributed by atoms with van der Waals surface area (Å²) in [6, 6.07) is 8.82. The van der Waals surface area contributed by atoms with Gasteiger partial charge < -0.3 is 5.32 Å². The normalized spacial score (nSPS) is 19.6. The number of nitrogens with one attached hydrogen (secondary N) is 1. The Kier molecular flexibility index (Phi) is 3.34. The predicted molar refractivity (Wildman–Crippen MR) is 73.4 cm³/mol. The standard InChI is InChI=1S/C15H18FN3/c1-19-15(11-5-4-8-17-10-11)9-14(18-19)12-6-2-3-7-13(12)16/h2-3,6-7,9,11,17H,4-5,8,10H2,1H3. The summed E-state index contributed by atoms with van der Waals surface area (Å²) in [7, 11) is 1.94. The smallest absolute Gasteiger partial charge is 0.132 e. The highest BCUT2D eigenvalue weighted by Gasteiger charge is 2.20. The zero-order chi connectivity index (χ0) is 13.2. The van der Waals surface area contributed by atoms with Crippen molar-refractivity contribution in [2.45, 2.75) is 18.8 Å². The number of aryl methyl sites for hydroxylation is 1. The first-order chi connectivity index (χ1) is 9.25. The summed E-state index contributed by atoms with van der Waals surface area (Å²) in [6.45, 7) is 2.07. The van der Waals surface area contributed by atoms with E-state index >= 15 is 0 Å². The van der Waals surface area contributed by atoms with Crippen LogP contribution in [0.4, 0.5) is 4.39 Å². The van der Waals surface area contributed by atoms with Crippen LogP contribution >= 0.6 is 0 Å². The van der Waals surface area contributed by atoms with Crippen molar-refractivity contribution in [1.82, 2.24) is 15.1 Å². The van der Waals surface area contributed by atoms with Gasteiger partial charge in [-0.3, -0.25) is 4.68 Å². The molecule has 0 amide bonds. The van der Waals surface area contributed by atoms with Crippen molar-refractivity contribution in [3.05, 3.63) is 41.8 Å². The van der Waals surface area contributed by atoms with E-state index in [2.05, 4.69) is 10.4 Å². The van der Waals surface area contributed by atoms with E-state index in [1.54, 1.807) is 12.1 Å². The Morgan fingerprint density at radius 2 is 2.21 bits per heavy atom. The third-order valence-corrected chi connectivity index (χ3v) is 3.78. The Hall–Kier alpha value is -1.68. The van der Waals surface area contributed by atoms with Gasteiger partial charge in [0.2, 0.25) is 0 Å². The second kappa shape index (κ2) is 5.13. The Morgan fingerprint density at radius 3 is 2.95 bits per heavy atom. The minimum Gasteiger partial charge on any atom is -0.316 e. The average molecular weight is 259 g/mol. The first-order valence-corrected chi connectivity index (χ1v) is 6.75. The van der Waals surface area contributed by atoms with Gasteiger partial charge in [-0.25, -0.2) is 4.39 Å². The lowest BCUT2D eigenvalue weighted by Gasteiger charge is -2.22. The highest BCUT2D eigenvalue weighted by molar-refractivity contribution is 5.60. The highest BCUT2D eigenvalue weighted by Crippen LogP contribution is 2.28. The molecule has 19 heavy (non-hydrogen) atoms. The molecule has 0 bridgehead atoms. The SMILES string of the molecule is Cn1nc(-c2ccccc2F)cc1C1CCCNC1. The summed E-state index contributed by atoms with van der Waals surface area (Å²) in [5, 5.41) is 7.87. The van der Waals surface area contributed by atoms with Crippen molar-refractivity contribution < 1.29 is 4.39 Å². The van der Waals surface area contributed by atoms with Gasteiger partial charge in [0, 0.05) is 30.8 Å². The predicted octanol–water partition coefficient (Wildman–Crippen LogP) is 2.69. The molecule has 3 nitrogen and oxygen atoms in total. The van der Waals surface area contributed by atoms with Crippen molar-refractivity contribution in [3.8, 4) is 11.3 Å². The molecule has 1 aliphatic heterocycles. The topological polar surface area (TPSA) is 29.9 Å². The molecule has 1 aliphatic rings. The van der Waals surface area contributed by atoms with Gasteiger partial charge in [0.05, 0.1) is 5.69 Å². The van der Waals surface area contributed by atoms with Crippen LogP contribution in [0.1, 0.15) is 24.5 Å². The van der Waals surface area contributed by atoms with E-state index in [0.29, 0.717) is 11.5 Å². The van der Waals surface area contributed by atoms with Gasteiger partial charge in [0.25, 0.3) is 0 Å². The number of aromatic nitrogens is 2. The summed E-state index contributed by atoms with van der Waals surface area (Å²) >= 11 is 0. The molecule has 1 fully saturated rings. The number of hydrogen-bond donors (Lipinski definition) is 1. The molecule has 2 heterocycles. The maximum absolute atomic E-state index is 13.8. The number of hydrogen-bond acceptors (Lipinski definition) is 2. The van der Waals surface area contributed by atoms with Gasteiger partial charge in [0.15, 0.2) is 0 Å². The quantitative estimate of drug-likeness (QED) is 0.898. The molecule has 100 valence electrons. The molecule has 0 saturated carbocycles. The van der Waals surface area contributed by atoms with Crippen LogP contribution in [-0.2, 0) is 7.05 Å². The summed E-state index contributed by atoms with van der Waals surface area (Å²) in [5.41, 5.74) is 2.49. The number of rotatable bonds is 2. The Bertz CT molecular complexity index is 571. The van der Waals surface area contributed by atoms with E-state index in [1.165, 1.54) is 24.6 Å². The second-order valence-electron chi connectivity index (χ2n) is 5.10. The van der Waals surface area contributed by atoms with Crippen LogP contribution in [0.5, 0.6) is 0 Å². The fourth-order valence-corrected chi connectivity index (χ4v) is 2.77. The van der Waals surface area contributed by atoms with Crippen LogP contribution in [-0.4, -0.2) is 22.9 Å². The lowest BCUT2D eigenvalue weighted by molar-refractivity contribution is 0.441. The van der Waals surface area contributed by atoms with E-state index in [-0.39, 0.29) is 5.82 Å². The molecular weight excluding hydrogens is 241 g/mol. The minimum atomic E-state index is -0.214. The van der Waals surface area contributed by atoms with Gasteiger partial charge >= 0.3 is 0 Å². The molecule has 1 unspecified atom stereocenters. The minimum absolute atomic E-state index is 0.214. The summed E-state index contributed by atoms with van der Waals surface area (Å²) in [4.78, 5) is 0. The Balaban J connectivity index is 1.95. The summed E-state index contributed by atoms with van der Waals surface area (Å²) in [5.74, 6) is 0.265. The number of benzene rings is 1. The second-order valence-corrected chi connectivity index (χ2v) is 5.10. The van der Waals surface area contributed by atoms with Crippen molar-refractivity contribution in [2.75, 3.05) is 13.1 Å². The first-order valence-electron chi connectivity index (χ1n) is 6.75. The fraction of sp³-hybridized carbons (Fsp3) is 0.400. The molecule has 1 aromatic heterocycles. The molecule has 0 radical (unpaired) electrons. The van der Waals surface area contributed by atoms with Gasteiger partial charge in [-0.15, -0.1) is 0 Å². The van der Waals surface area contributed by atoms with E-state index in [0.717, 1.165) is 18.8 Å². The van der Waals surface area contributed by atoms with E-state index < -0.39 is 0 Å². The molecule has 1 saturated heterocycles. The highest BCUT2D eigenvalue weighted by atomic mass is 19.1. The molecule has 4 heteroatoms. The van der Waals surface area contributed by atoms with Crippen molar-refractivity contribution in [3.63, 3.8) is 0 Å². The lowest BCUT2D eigenvalue weighted by atomic mass is 9.95. The van der Waals surface area contributed by atoms with E-state index in [1.807, 2.05) is 23.9 Å². The van der Waals surface area contributed by atoms with E-state index in [9.17, 15) is 4.39 Å². The third kappa shape index (κ3) is 2.40. The largest absolute Gasteiger partial charge is 0.316 e. The Labute approximate surface area is 112 Å². The van der Waals surface area contributed by atoms with E-state index in [4.69, 9.17) is 0 Å². The molecule has 0 aliphatic carbocycles. The molecule has 1 aromatic carbocycles. The number of piperidine rings is 1. The molecule has 1 atom stereocenters. The third-order valence-electron chi connectivity index (χ3n) is 3.78. The monoisotopic (exact) mass is 259 g/mol. The first kappa shape index (κ1) is 12.4. The van der Waals surface area contributed by atoms with Crippen LogP contribution in [0.3, 0.4) is 0 Å². The summed E-state index contributed by atoms with van der Waals surface area (Å²) in [6.07, 6.45) is 2.36.